The lowest BCUT2D eigenvalue weighted by Gasteiger charge is -2.16. The Balaban J connectivity index is 1.16. The van der Waals surface area contributed by atoms with Crippen molar-refractivity contribution in [1.29, 1.82) is 0 Å². The summed E-state index contributed by atoms with van der Waals surface area (Å²) >= 11 is 3.49. The minimum absolute atomic E-state index is 0.820. The van der Waals surface area contributed by atoms with Crippen LogP contribution in [0.15, 0.2) is 176 Å². The van der Waals surface area contributed by atoms with Gasteiger partial charge in [0, 0.05) is 33.3 Å². The number of hydrogen-bond acceptors (Lipinski definition) is 5. The molecule has 0 unspecified atom stereocenters. The van der Waals surface area contributed by atoms with Crippen molar-refractivity contribution in [3.05, 3.63) is 176 Å². The fourth-order valence-corrected chi connectivity index (χ4v) is 10.1. The standard InChI is InChI=1S/C49H32N4OS2/c1-54-35-29-27-34(28-30-35)53-41-20-10-6-16-37(41)45(49-51-39-18-8-12-22-43(39)56-49)47(53)32-23-25-33(26-24-32)52-40-19-9-5-15-36(40)44(46(52)31-13-3-2-4-14-31)48-50-38-17-7-11-21-42(38)55-48/h2-30H,1H3. The number of aromatic nitrogens is 4. The van der Waals surface area contributed by atoms with Gasteiger partial charge < -0.3 is 13.9 Å². The largest absolute Gasteiger partial charge is 0.497 e. The number of methoxy groups -OCH3 is 1. The minimum atomic E-state index is 0.820. The second-order valence-electron chi connectivity index (χ2n) is 13.7. The lowest BCUT2D eigenvalue weighted by molar-refractivity contribution is 0.415. The molecule has 0 saturated heterocycles. The summed E-state index contributed by atoms with van der Waals surface area (Å²) in [6, 6.07) is 62.2. The number of rotatable bonds is 7. The fourth-order valence-electron chi connectivity index (χ4n) is 8.05. The van der Waals surface area contributed by atoms with Crippen LogP contribution in [0.2, 0.25) is 0 Å². The van der Waals surface area contributed by atoms with E-state index < -0.39 is 0 Å². The van der Waals surface area contributed by atoms with E-state index in [-0.39, 0.29) is 0 Å². The molecule has 7 heteroatoms. The van der Waals surface area contributed by atoms with Crippen LogP contribution in [-0.2, 0) is 0 Å². The van der Waals surface area contributed by atoms with Gasteiger partial charge in [0.2, 0.25) is 0 Å². The summed E-state index contributed by atoms with van der Waals surface area (Å²) in [6.07, 6.45) is 0. The van der Waals surface area contributed by atoms with E-state index in [2.05, 4.69) is 173 Å². The molecular weight excluding hydrogens is 725 g/mol. The van der Waals surface area contributed by atoms with E-state index in [1.165, 1.54) is 14.8 Å². The van der Waals surface area contributed by atoms with Crippen LogP contribution in [0.3, 0.4) is 0 Å². The third-order valence-electron chi connectivity index (χ3n) is 10.5. The Bertz CT molecular complexity index is 3160. The van der Waals surface area contributed by atoms with Crippen molar-refractivity contribution in [2.24, 2.45) is 0 Å². The summed E-state index contributed by atoms with van der Waals surface area (Å²) in [5.41, 5.74) is 13.1. The molecule has 11 rings (SSSR count). The van der Waals surface area contributed by atoms with Gasteiger partial charge in [-0.25, -0.2) is 9.97 Å². The maximum Gasteiger partial charge on any atom is 0.127 e. The highest BCUT2D eigenvalue weighted by Crippen LogP contribution is 2.47. The molecule has 0 aliphatic rings. The lowest BCUT2D eigenvalue weighted by Crippen LogP contribution is -2.00. The van der Waals surface area contributed by atoms with Gasteiger partial charge >= 0.3 is 0 Å². The molecule has 0 aliphatic carbocycles. The summed E-state index contributed by atoms with van der Waals surface area (Å²) in [7, 11) is 1.71. The number of thiazole rings is 2. The smallest absolute Gasteiger partial charge is 0.127 e. The van der Waals surface area contributed by atoms with Gasteiger partial charge in [0.25, 0.3) is 0 Å². The highest BCUT2D eigenvalue weighted by molar-refractivity contribution is 7.22. The minimum Gasteiger partial charge on any atom is -0.497 e. The molecule has 5 nitrogen and oxygen atoms in total. The molecule has 7 aromatic carbocycles. The molecule has 0 N–H and O–H groups in total. The number of ether oxygens (including phenoxy) is 1. The lowest BCUT2D eigenvalue weighted by atomic mass is 10.0. The molecule has 0 fully saturated rings. The van der Waals surface area contributed by atoms with Crippen molar-refractivity contribution in [2.75, 3.05) is 7.11 Å². The third kappa shape index (κ3) is 5.20. The average molecular weight is 757 g/mol. The van der Waals surface area contributed by atoms with Gasteiger partial charge in [0.15, 0.2) is 0 Å². The first kappa shape index (κ1) is 32.6. The van der Waals surface area contributed by atoms with E-state index in [1.54, 1.807) is 29.8 Å². The monoisotopic (exact) mass is 756 g/mol. The Kier molecular flexibility index (Phi) is 7.69. The van der Waals surface area contributed by atoms with Gasteiger partial charge in [0.05, 0.1) is 50.0 Å². The number of fused-ring (bicyclic) bond motifs is 4. The fraction of sp³-hybridized carbons (Fsp3) is 0.0204. The van der Waals surface area contributed by atoms with Crippen molar-refractivity contribution >= 4 is 64.9 Å². The molecule has 0 saturated carbocycles. The van der Waals surface area contributed by atoms with Gasteiger partial charge in [-0.1, -0.05) is 103 Å². The highest BCUT2D eigenvalue weighted by Gasteiger charge is 2.26. The Hall–Kier alpha value is -6.80. The number of para-hydroxylation sites is 4. The number of benzene rings is 7. The van der Waals surface area contributed by atoms with E-state index in [9.17, 15) is 0 Å². The van der Waals surface area contributed by atoms with Gasteiger partial charge in [-0.3, -0.25) is 0 Å². The van der Waals surface area contributed by atoms with Crippen LogP contribution in [-0.4, -0.2) is 26.2 Å². The van der Waals surface area contributed by atoms with Gasteiger partial charge in [-0.15, -0.1) is 22.7 Å². The summed E-state index contributed by atoms with van der Waals surface area (Å²) in [5, 5.41) is 4.34. The maximum absolute atomic E-state index is 5.56. The van der Waals surface area contributed by atoms with Crippen LogP contribution in [0.5, 0.6) is 5.75 Å². The SMILES string of the molecule is COc1ccc(-n2c(-c3ccc(-n4c(-c5ccccc5)c(-c5nc6ccccc6s5)c5ccccc54)cc3)c(-c3nc4ccccc4s3)c3ccccc32)cc1. The zero-order chi connectivity index (χ0) is 37.2. The molecule has 0 spiro atoms. The van der Waals surface area contributed by atoms with E-state index in [1.807, 2.05) is 12.1 Å². The summed E-state index contributed by atoms with van der Waals surface area (Å²) in [5.74, 6) is 0.820. The highest BCUT2D eigenvalue weighted by atomic mass is 32.1. The molecule has 266 valence electrons. The Morgan fingerprint density at radius 2 is 0.857 bits per heavy atom. The molecule has 0 aliphatic heterocycles. The topological polar surface area (TPSA) is 44.9 Å². The quantitative estimate of drug-likeness (QED) is 0.163. The summed E-state index contributed by atoms with van der Waals surface area (Å²) in [6.45, 7) is 0. The van der Waals surface area contributed by atoms with Gasteiger partial charge in [-0.2, -0.15) is 0 Å². The summed E-state index contributed by atoms with van der Waals surface area (Å²) in [4.78, 5) is 10.4. The first-order valence-corrected chi connectivity index (χ1v) is 20.2. The zero-order valence-electron chi connectivity index (χ0n) is 30.3. The molecule has 0 amide bonds. The third-order valence-corrected chi connectivity index (χ3v) is 12.6. The number of nitrogens with zero attached hydrogens (tertiary/aromatic N) is 4. The first-order chi connectivity index (χ1) is 27.7. The predicted octanol–water partition coefficient (Wildman–Crippen LogP) is 13.5. The first-order valence-electron chi connectivity index (χ1n) is 18.5. The second-order valence-corrected chi connectivity index (χ2v) is 15.8. The molecule has 0 bridgehead atoms. The van der Waals surface area contributed by atoms with Crippen LogP contribution < -0.4 is 4.74 Å². The average Bonchev–Trinajstić information content (AvgIpc) is 4.04. The Morgan fingerprint density at radius 1 is 0.429 bits per heavy atom. The van der Waals surface area contributed by atoms with Crippen molar-refractivity contribution in [3.8, 4) is 60.8 Å². The molecule has 4 heterocycles. The van der Waals surface area contributed by atoms with Crippen molar-refractivity contribution in [2.45, 2.75) is 0 Å². The molecule has 4 aromatic heterocycles. The summed E-state index contributed by atoms with van der Waals surface area (Å²) < 4.78 is 12.7. The van der Waals surface area contributed by atoms with Crippen molar-refractivity contribution in [3.63, 3.8) is 0 Å². The van der Waals surface area contributed by atoms with Crippen molar-refractivity contribution < 1.29 is 4.74 Å². The molecule has 0 atom stereocenters. The van der Waals surface area contributed by atoms with Crippen LogP contribution in [0.25, 0.3) is 97.3 Å². The molecule has 56 heavy (non-hydrogen) atoms. The van der Waals surface area contributed by atoms with E-state index in [0.29, 0.717) is 0 Å². The number of hydrogen-bond donors (Lipinski definition) is 0. The molecule has 11 aromatic rings. The molecule has 0 radical (unpaired) electrons. The van der Waals surface area contributed by atoms with Gasteiger partial charge in [-0.05, 0) is 83.9 Å². The maximum atomic E-state index is 5.56. The van der Waals surface area contributed by atoms with Gasteiger partial charge in [0.1, 0.15) is 15.8 Å². The van der Waals surface area contributed by atoms with E-state index >= 15 is 0 Å². The Morgan fingerprint density at radius 3 is 1.36 bits per heavy atom. The van der Waals surface area contributed by atoms with Crippen molar-refractivity contribution in [1.82, 2.24) is 19.1 Å². The predicted molar refractivity (Wildman–Crippen MR) is 235 cm³/mol. The normalized spacial score (nSPS) is 11.7. The molecular formula is C49H32N4OS2. The van der Waals surface area contributed by atoms with Crippen LogP contribution in [0.1, 0.15) is 0 Å². The van der Waals surface area contributed by atoms with E-state index in [4.69, 9.17) is 14.7 Å². The van der Waals surface area contributed by atoms with Crippen LogP contribution in [0, 0.1) is 0 Å². The second kappa shape index (κ2) is 13.2. The van der Waals surface area contributed by atoms with Crippen LogP contribution in [0.4, 0.5) is 0 Å². The van der Waals surface area contributed by atoms with Crippen LogP contribution >= 0.6 is 22.7 Å². The van der Waals surface area contributed by atoms with E-state index in [0.717, 1.165) is 88.2 Å². The zero-order valence-corrected chi connectivity index (χ0v) is 31.9. The Labute approximate surface area is 331 Å².